The molecule has 0 aliphatic carbocycles. The van der Waals surface area contributed by atoms with Crippen LogP contribution in [0.15, 0.2) is 0 Å². The van der Waals surface area contributed by atoms with Gasteiger partial charge in [0.1, 0.15) is 0 Å². The van der Waals surface area contributed by atoms with E-state index < -0.39 is 42.1 Å². The summed E-state index contributed by atoms with van der Waals surface area (Å²) in [4.78, 5) is 34.2. The van der Waals surface area contributed by atoms with Crippen LogP contribution in [0.3, 0.4) is 0 Å². The highest BCUT2D eigenvalue weighted by Crippen LogP contribution is 1.97. The summed E-state index contributed by atoms with van der Waals surface area (Å²) in [5.74, 6) is -9.86. The highest BCUT2D eigenvalue weighted by atomic mass is 16.6. The standard InChI is InChI=1S/C7H23N13O6/c8-4(9,10)18-1(21)25-7(16,17)20-3(23)26-6(14,15)19-2(22)24-5(11,12)13/h8-17H2,(H,18,21)(H,19,22)(H,20,23). The Morgan fingerprint density at radius 2 is 0.846 bits per heavy atom. The van der Waals surface area contributed by atoms with Gasteiger partial charge in [-0.05, 0) is 0 Å². The largest absolute Gasteiger partial charge is 0.416 e. The first kappa shape index (κ1) is 23.4. The topological polar surface area (TPSA) is 375 Å². The van der Waals surface area contributed by atoms with Gasteiger partial charge in [0.2, 0.25) is 0 Å². The molecule has 0 radical (unpaired) electrons. The van der Waals surface area contributed by atoms with Crippen molar-refractivity contribution in [1.29, 1.82) is 0 Å². The second-order valence-corrected chi connectivity index (χ2v) is 4.92. The van der Waals surface area contributed by atoms with Gasteiger partial charge in [-0.15, -0.1) is 0 Å². The van der Waals surface area contributed by atoms with E-state index in [1.807, 2.05) is 0 Å². The van der Waals surface area contributed by atoms with E-state index in [0.717, 1.165) is 0 Å². The minimum atomic E-state index is -2.67. The Morgan fingerprint density at radius 1 is 0.538 bits per heavy atom. The molecule has 0 saturated heterocycles. The molecule has 0 unspecified atom stereocenters. The fourth-order valence-corrected chi connectivity index (χ4v) is 1.09. The van der Waals surface area contributed by atoms with Gasteiger partial charge in [0.05, 0.1) is 0 Å². The molecular weight excluding hydrogens is 362 g/mol. The van der Waals surface area contributed by atoms with Crippen molar-refractivity contribution in [2.75, 3.05) is 0 Å². The van der Waals surface area contributed by atoms with Crippen molar-refractivity contribution in [1.82, 2.24) is 16.0 Å². The molecule has 0 aromatic carbocycles. The van der Waals surface area contributed by atoms with Crippen LogP contribution in [0.4, 0.5) is 14.4 Å². The number of hydrogen-bond donors (Lipinski definition) is 13. The quantitative estimate of drug-likeness (QED) is 0.149. The number of nitrogens with one attached hydrogen (secondary N) is 3. The average molecular weight is 385 g/mol. The summed E-state index contributed by atoms with van der Waals surface area (Å²) < 4.78 is 12.9. The normalized spacial score (nSPS) is 12.7. The molecule has 0 bridgehead atoms. The molecule has 3 amide bonds. The molecule has 0 spiro atoms. The van der Waals surface area contributed by atoms with Crippen LogP contribution in [0.5, 0.6) is 0 Å². The van der Waals surface area contributed by atoms with E-state index in [0.29, 0.717) is 0 Å². The predicted molar refractivity (Wildman–Crippen MR) is 81.6 cm³/mol. The molecule has 0 saturated carbocycles. The molecule has 0 aromatic rings. The number of carbonyl (C=O) groups is 3. The third-order valence-corrected chi connectivity index (χ3v) is 1.71. The van der Waals surface area contributed by atoms with E-state index >= 15 is 0 Å². The smallest absolute Gasteiger partial charge is 0.400 e. The SMILES string of the molecule is NC(N)(N)NC(=O)OC(N)(N)NC(=O)OC(N)(N)NC(=O)OC(N)(N)N. The molecule has 26 heavy (non-hydrogen) atoms. The van der Waals surface area contributed by atoms with Crippen LogP contribution < -0.4 is 73.3 Å². The lowest BCUT2D eigenvalue weighted by Crippen LogP contribution is -2.73. The molecule has 0 aliphatic heterocycles. The summed E-state index contributed by atoms with van der Waals surface area (Å²) in [6.45, 7) is 0. The van der Waals surface area contributed by atoms with Crippen molar-refractivity contribution in [2.24, 2.45) is 57.3 Å². The molecular formula is C7H23N13O6. The maximum atomic E-state index is 11.6. The first-order chi connectivity index (χ1) is 11.3. The maximum absolute atomic E-state index is 11.6. The van der Waals surface area contributed by atoms with E-state index in [-0.39, 0.29) is 0 Å². The van der Waals surface area contributed by atoms with Crippen molar-refractivity contribution in [2.45, 2.75) is 23.8 Å². The molecule has 19 nitrogen and oxygen atoms in total. The van der Waals surface area contributed by atoms with Gasteiger partial charge in [-0.2, -0.15) is 0 Å². The second-order valence-electron chi connectivity index (χ2n) is 4.92. The lowest BCUT2D eigenvalue weighted by molar-refractivity contribution is -0.0460. The van der Waals surface area contributed by atoms with E-state index in [2.05, 4.69) is 14.2 Å². The third kappa shape index (κ3) is 11.9. The molecule has 0 heterocycles. The fraction of sp³-hybridized carbons (Fsp3) is 0.571. The Balaban J connectivity index is 4.65. The summed E-state index contributed by atoms with van der Waals surface area (Å²) in [6, 6.07) is 0. The average Bonchev–Trinajstić information content (AvgIpc) is 2.16. The zero-order valence-corrected chi connectivity index (χ0v) is 13.2. The number of rotatable bonds is 6. The Morgan fingerprint density at radius 3 is 1.15 bits per heavy atom. The van der Waals surface area contributed by atoms with Gasteiger partial charge in [0.15, 0.2) is 5.91 Å². The second kappa shape index (κ2) is 7.75. The number of carbonyl (C=O) groups excluding carboxylic acids is 3. The maximum Gasteiger partial charge on any atom is 0.416 e. The molecule has 0 rings (SSSR count). The van der Waals surface area contributed by atoms with Crippen molar-refractivity contribution >= 4 is 18.3 Å². The van der Waals surface area contributed by atoms with Gasteiger partial charge >= 0.3 is 30.2 Å². The summed E-state index contributed by atoms with van der Waals surface area (Å²) in [7, 11) is 0. The zero-order chi connectivity index (χ0) is 21.0. The Labute approximate surface area is 145 Å². The number of amides is 3. The molecule has 152 valence electrons. The number of hydrogen-bond acceptors (Lipinski definition) is 16. The minimum absolute atomic E-state index is 1.42. The summed E-state index contributed by atoms with van der Waals surface area (Å²) in [5, 5.41) is 4.94. The summed E-state index contributed by atoms with van der Waals surface area (Å²) in [5.41, 5.74) is 51.2. The van der Waals surface area contributed by atoms with Crippen molar-refractivity contribution in [3.05, 3.63) is 0 Å². The molecule has 0 fully saturated rings. The van der Waals surface area contributed by atoms with E-state index in [9.17, 15) is 14.4 Å². The van der Waals surface area contributed by atoms with Gasteiger partial charge in [0, 0.05) is 0 Å². The Bertz CT molecular complexity index is 490. The lowest BCUT2D eigenvalue weighted by Gasteiger charge is -2.30. The monoisotopic (exact) mass is 385 g/mol. The Hall–Kier alpha value is -2.59. The predicted octanol–water partition coefficient (Wildman–Crippen LogP) is -7.80. The van der Waals surface area contributed by atoms with Crippen LogP contribution in [0.25, 0.3) is 0 Å². The van der Waals surface area contributed by atoms with Crippen LogP contribution in [0, 0.1) is 0 Å². The molecule has 0 aromatic heterocycles. The summed E-state index contributed by atoms with van der Waals surface area (Å²) >= 11 is 0. The van der Waals surface area contributed by atoms with E-state index in [1.165, 1.54) is 0 Å². The van der Waals surface area contributed by atoms with Crippen LogP contribution in [-0.4, -0.2) is 42.1 Å². The fourth-order valence-electron chi connectivity index (χ4n) is 1.09. The number of alkyl carbamates (subject to hydrolysis) is 3. The minimum Gasteiger partial charge on any atom is -0.400 e. The first-order valence-corrected chi connectivity index (χ1v) is 6.22. The van der Waals surface area contributed by atoms with Crippen LogP contribution in [0.2, 0.25) is 0 Å². The van der Waals surface area contributed by atoms with Gasteiger partial charge < -0.3 is 14.2 Å². The number of nitrogens with two attached hydrogens (primary N) is 10. The molecule has 0 aliphatic rings. The Kier molecular flexibility index (Phi) is 6.98. The third-order valence-electron chi connectivity index (χ3n) is 1.71. The molecule has 0 atom stereocenters. The molecule has 23 N–H and O–H groups in total. The van der Waals surface area contributed by atoms with E-state index in [4.69, 9.17) is 57.3 Å². The molecule has 19 heteroatoms. The van der Waals surface area contributed by atoms with Gasteiger partial charge in [0.25, 0.3) is 5.97 Å². The van der Waals surface area contributed by atoms with Crippen LogP contribution in [0.1, 0.15) is 0 Å². The van der Waals surface area contributed by atoms with Crippen LogP contribution >= 0.6 is 0 Å². The lowest BCUT2D eigenvalue weighted by atomic mass is 10.6. The van der Waals surface area contributed by atoms with Crippen molar-refractivity contribution < 1.29 is 28.6 Å². The number of ether oxygens (including phenoxy) is 3. The van der Waals surface area contributed by atoms with Gasteiger partial charge in [-0.25, -0.2) is 14.4 Å². The van der Waals surface area contributed by atoms with Gasteiger partial charge in [-0.1, -0.05) is 0 Å². The van der Waals surface area contributed by atoms with Gasteiger partial charge in [-0.3, -0.25) is 73.3 Å². The highest BCUT2D eigenvalue weighted by molar-refractivity contribution is 5.72. The van der Waals surface area contributed by atoms with Crippen LogP contribution in [-0.2, 0) is 14.2 Å². The van der Waals surface area contributed by atoms with Crippen molar-refractivity contribution in [3.8, 4) is 0 Å². The van der Waals surface area contributed by atoms with E-state index in [1.54, 1.807) is 16.0 Å². The first-order valence-electron chi connectivity index (χ1n) is 6.22. The highest BCUT2D eigenvalue weighted by Gasteiger charge is 2.34. The zero-order valence-electron chi connectivity index (χ0n) is 13.2. The summed E-state index contributed by atoms with van der Waals surface area (Å²) in [6.07, 6.45) is -4.43. The van der Waals surface area contributed by atoms with Crippen molar-refractivity contribution in [3.63, 3.8) is 0 Å².